The molecule has 24 heavy (non-hydrogen) atoms. The molecule has 2 aromatic carbocycles. The number of hydrogen-bond acceptors (Lipinski definition) is 3. The van der Waals surface area contributed by atoms with Gasteiger partial charge in [0.05, 0.1) is 5.54 Å². The van der Waals surface area contributed by atoms with Gasteiger partial charge in [0.15, 0.2) is 0 Å². The molecule has 2 rings (SSSR count). The van der Waals surface area contributed by atoms with Crippen molar-refractivity contribution in [2.45, 2.75) is 25.3 Å². The summed E-state index contributed by atoms with van der Waals surface area (Å²) in [5.41, 5.74) is 13.5. The van der Waals surface area contributed by atoms with E-state index in [-0.39, 0.29) is 24.8 Å². The van der Waals surface area contributed by atoms with Gasteiger partial charge in [0, 0.05) is 12.2 Å². The van der Waals surface area contributed by atoms with Crippen molar-refractivity contribution < 1.29 is 4.79 Å². The minimum atomic E-state index is -1.01. The quantitative estimate of drug-likeness (QED) is 0.701. The Morgan fingerprint density at radius 1 is 1.00 bits per heavy atom. The zero-order valence-corrected chi connectivity index (χ0v) is 15.3. The number of anilines is 1. The second-order valence-corrected chi connectivity index (χ2v) is 5.82. The number of amides is 1. The fraction of sp³-hybridized carbons (Fsp3) is 0.278. The topological polar surface area (TPSA) is 81.1 Å². The van der Waals surface area contributed by atoms with Gasteiger partial charge in [-0.05, 0) is 43.0 Å². The van der Waals surface area contributed by atoms with Crippen LogP contribution in [-0.4, -0.2) is 18.0 Å². The summed E-state index contributed by atoms with van der Waals surface area (Å²) in [6.07, 6.45) is 1.41. The molecule has 0 saturated heterocycles. The molecule has 1 atom stereocenters. The highest BCUT2D eigenvalue weighted by atomic mass is 35.5. The normalized spacial score (nSPS) is 12.2. The van der Waals surface area contributed by atoms with Gasteiger partial charge in [-0.25, -0.2) is 0 Å². The van der Waals surface area contributed by atoms with Crippen molar-refractivity contribution in [2.24, 2.45) is 11.5 Å². The van der Waals surface area contributed by atoms with E-state index in [1.807, 2.05) is 42.5 Å². The largest absolute Gasteiger partial charge is 0.385 e. The first-order chi connectivity index (χ1) is 10.5. The Labute approximate surface area is 155 Å². The van der Waals surface area contributed by atoms with Crippen LogP contribution in [0.2, 0.25) is 0 Å². The maximum atomic E-state index is 11.3. The Hall–Kier alpha value is -1.75. The molecule has 1 unspecified atom stereocenters. The van der Waals surface area contributed by atoms with Gasteiger partial charge in [-0.3, -0.25) is 4.79 Å². The van der Waals surface area contributed by atoms with E-state index in [2.05, 4.69) is 17.4 Å². The predicted molar refractivity (Wildman–Crippen MR) is 105 cm³/mol. The lowest BCUT2D eigenvalue weighted by atomic mass is 9.93. The Morgan fingerprint density at radius 3 is 2.12 bits per heavy atom. The van der Waals surface area contributed by atoms with Crippen LogP contribution in [0.4, 0.5) is 5.69 Å². The average molecular weight is 370 g/mol. The Bertz CT molecular complexity index is 616. The van der Waals surface area contributed by atoms with E-state index in [1.54, 1.807) is 6.92 Å². The predicted octanol–water partition coefficient (Wildman–Crippen LogP) is 2.93. The van der Waals surface area contributed by atoms with Crippen LogP contribution < -0.4 is 16.8 Å². The van der Waals surface area contributed by atoms with Gasteiger partial charge in [0.1, 0.15) is 0 Å². The Balaban J connectivity index is 0.00000264. The molecule has 5 N–H and O–H groups in total. The van der Waals surface area contributed by atoms with Gasteiger partial charge in [-0.2, -0.15) is 0 Å². The van der Waals surface area contributed by atoms with Gasteiger partial charge in [-0.1, -0.05) is 42.5 Å². The van der Waals surface area contributed by atoms with Crippen LogP contribution in [0.25, 0.3) is 0 Å². The highest BCUT2D eigenvalue weighted by Crippen LogP contribution is 2.14. The summed E-state index contributed by atoms with van der Waals surface area (Å²) in [4.78, 5) is 11.3. The molecule has 0 spiro atoms. The van der Waals surface area contributed by atoms with Crippen LogP contribution in [0.15, 0.2) is 54.6 Å². The maximum absolute atomic E-state index is 11.3. The van der Waals surface area contributed by atoms with Crippen molar-refractivity contribution in [3.63, 3.8) is 0 Å². The third-order valence-electron chi connectivity index (χ3n) is 3.67. The van der Waals surface area contributed by atoms with Crippen molar-refractivity contribution in [1.29, 1.82) is 0 Å². The SMILES string of the molecule is CC(N)(Cc1ccc(NCCc2ccccc2)cc1)C(N)=O.Cl.Cl. The number of nitrogens with one attached hydrogen (secondary N) is 1. The molecular weight excluding hydrogens is 345 g/mol. The van der Waals surface area contributed by atoms with Gasteiger partial charge < -0.3 is 16.8 Å². The number of benzene rings is 2. The summed E-state index contributed by atoms with van der Waals surface area (Å²) in [7, 11) is 0. The van der Waals surface area contributed by atoms with Crippen molar-refractivity contribution in [2.75, 3.05) is 11.9 Å². The second kappa shape index (κ2) is 10.2. The van der Waals surface area contributed by atoms with Gasteiger partial charge in [0.2, 0.25) is 5.91 Å². The molecule has 0 aliphatic rings. The molecule has 0 fully saturated rings. The van der Waals surface area contributed by atoms with E-state index in [4.69, 9.17) is 11.5 Å². The Kier molecular flexibility index (Phi) is 9.44. The number of rotatable bonds is 7. The summed E-state index contributed by atoms with van der Waals surface area (Å²) in [5.74, 6) is -0.488. The highest BCUT2D eigenvalue weighted by Gasteiger charge is 2.25. The lowest BCUT2D eigenvalue weighted by molar-refractivity contribution is -0.122. The van der Waals surface area contributed by atoms with E-state index in [1.165, 1.54) is 5.56 Å². The number of carbonyl (C=O) groups is 1. The van der Waals surface area contributed by atoms with E-state index in [0.717, 1.165) is 24.2 Å². The first-order valence-electron chi connectivity index (χ1n) is 7.43. The second-order valence-electron chi connectivity index (χ2n) is 5.82. The van der Waals surface area contributed by atoms with Gasteiger partial charge in [-0.15, -0.1) is 24.8 Å². The van der Waals surface area contributed by atoms with Gasteiger partial charge >= 0.3 is 0 Å². The summed E-state index contributed by atoms with van der Waals surface area (Å²) in [5, 5.41) is 3.38. The molecule has 0 aliphatic heterocycles. The molecule has 6 heteroatoms. The molecular formula is C18H25Cl2N3O. The molecule has 132 valence electrons. The molecule has 4 nitrogen and oxygen atoms in total. The molecule has 0 aromatic heterocycles. The van der Waals surface area contributed by atoms with Crippen molar-refractivity contribution >= 4 is 36.4 Å². The summed E-state index contributed by atoms with van der Waals surface area (Å²) in [6, 6.07) is 18.3. The van der Waals surface area contributed by atoms with E-state index in [0.29, 0.717) is 6.42 Å². The van der Waals surface area contributed by atoms with Crippen LogP contribution in [0.1, 0.15) is 18.1 Å². The van der Waals surface area contributed by atoms with E-state index < -0.39 is 11.4 Å². The molecule has 1 amide bonds. The average Bonchev–Trinajstić information content (AvgIpc) is 2.50. The van der Waals surface area contributed by atoms with Crippen LogP contribution in [0.3, 0.4) is 0 Å². The minimum absolute atomic E-state index is 0. The molecule has 0 heterocycles. The summed E-state index contributed by atoms with van der Waals surface area (Å²) < 4.78 is 0. The van der Waals surface area contributed by atoms with Crippen molar-refractivity contribution in [3.8, 4) is 0 Å². The molecule has 0 bridgehead atoms. The number of carbonyl (C=O) groups excluding carboxylic acids is 1. The molecule has 0 radical (unpaired) electrons. The third-order valence-corrected chi connectivity index (χ3v) is 3.67. The standard InChI is InChI=1S/C18H23N3O.2ClH/c1-18(20,17(19)22)13-15-7-9-16(10-8-15)21-12-11-14-5-3-2-4-6-14;;/h2-10,21H,11-13,20H2,1H3,(H2,19,22);2*1H. The van der Waals surface area contributed by atoms with Crippen LogP contribution >= 0.6 is 24.8 Å². The number of hydrogen-bond donors (Lipinski definition) is 3. The smallest absolute Gasteiger partial charge is 0.237 e. The molecule has 0 saturated carbocycles. The van der Waals surface area contributed by atoms with E-state index in [9.17, 15) is 4.79 Å². The number of nitrogens with two attached hydrogens (primary N) is 2. The van der Waals surface area contributed by atoms with Crippen molar-refractivity contribution in [1.82, 2.24) is 0 Å². The highest BCUT2D eigenvalue weighted by molar-refractivity contribution is 5.85. The summed E-state index contributed by atoms with van der Waals surface area (Å²) >= 11 is 0. The zero-order chi connectivity index (χ0) is 16.0. The third kappa shape index (κ3) is 6.79. The zero-order valence-electron chi connectivity index (χ0n) is 13.7. The first kappa shape index (κ1) is 22.2. The number of halogens is 2. The van der Waals surface area contributed by atoms with Crippen molar-refractivity contribution in [3.05, 3.63) is 65.7 Å². The van der Waals surface area contributed by atoms with Gasteiger partial charge in [0.25, 0.3) is 0 Å². The first-order valence-corrected chi connectivity index (χ1v) is 7.43. The van der Waals surface area contributed by atoms with Crippen LogP contribution in [0, 0.1) is 0 Å². The van der Waals surface area contributed by atoms with Crippen LogP contribution in [0.5, 0.6) is 0 Å². The Morgan fingerprint density at radius 2 is 1.58 bits per heavy atom. The fourth-order valence-corrected chi connectivity index (χ4v) is 2.25. The molecule has 0 aliphatic carbocycles. The lowest BCUT2D eigenvalue weighted by Crippen LogP contribution is -2.51. The van der Waals surface area contributed by atoms with E-state index >= 15 is 0 Å². The maximum Gasteiger partial charge on any atom is 0.237 e. The summed E-state index contributed by atoms with van der Waals surface area (Å²) in [6.45, 7) is 2.53. The monoisotopic (exact) mass is 369 g/mol. The van der Waals surface area contributed by atoms with Crippen LogP contribution in [-0.2, 0) is 17.6 Å². The minimum Gasteiger partial charge on any atom is -0.385 e. The number of primary amides is 1. The fourth-order valence-electron chi connectivity index (χ4n) is 2.25. The molecule has 2 aromatic rings. The lowest BCUT2D eigenvalue weighted by Gasteiger charge is -2.20.